The van der Waals surface area contributed by atoms with Gasteiger partial charge in [-0.3, -0.25) is 4.79 Å². The molecule has 3 aromatic rings. The Labute approximate surface area is 241 Å². The molecule has 0 fully saturated rings. The zero-order valence-electron chi connectivity index (χ0n) is 24.4. The number of fused-ring (bicyclic) bond motifs is 1. The third-order valence-electron chi connectivity index (χ3n) is 7.15. The lowest BCUT2D eigenvalue weighted by atomic mass is 9.89. The Kier molecular flexibility index (Phi) is 9.01. The van der Waals surface area contributed by atoms with Crippen molar-refractivity contribution in [1.29, 1.82) is 0 Å². The highest BCUT2D eigenvalue weighted by Crippen LogP contribution is 2.40. The van der Waals surface area contributed by atoms with E-state index in [1.165, 1.54) is 4.90 Å². The van der Waals surface area contributed by atoms with E-state index in [0.29, 0.717) is 25.9 Å². The Morgan fingerprint density at radius 3 is 2.24 bits per heavy atom. The van der Waals surface area contributed by atoms with Gasteiger partial charge in [-0.2, -0.15) is 0 Å². The lowest BCUT2D eigenvalue weighted by Gasteiger charge is -2.39. The van der Waals surface area contributed by atoms with E-state index in [1.807, 2.05) is 100 Å². The third-order valence-corrected chi connectivity index (χ3v) is 7.15. The predicted molar refractivity (Wildman–Crippen MR) is 160 cm³/mol. The van der Waals surface area contributed by atoms with Gasteiger partial charge in [-0.1, -0.05) is 60.7 Å². The van der Waals surface area contributed by atoms with Gasteiger partial charge >= 0.3 is 12.2 Å². The van der Waals surface area contributed by atoms with E-state index in [1.54, 1.807) is 11.8 Å². The molecule has 0 bridgehead atoms. The number of hydrogen-bond acceptors (Lipinski definition) is 4. The fourth-order valence-corrected chi connectivity index (χ4v) is 5.28. The number of carbonyl (C=O) groups is 3. The van der Waals surface area contributed by atoms with Crippen LogP contribution in [0.25, 0.3) is 11.1 Å². The SMILES string of the molecule is CC(=O)N1c2ccc(-c3ccc(CN(CCc4ccccc4)C(=O)O)cc3)cc2[C@H](NC(=O)OC(C)(C)C)C[C@@H]1C. The van der Waals surface area contributed by atoms with E-state index in [4.69, 9.17) is 4.74 Å². The molecule has 0 saturated heterocycles. The number of carboxylic acid groups (broad SMARTS) is 1. The Morgan fingerprint density at radius 2 is 1.63 bits per heavy atom. The summed E-state index contributed by atoms with van der Waals surface area (Å²) in [4.78, 5) is 40.2. The molecule has 4 rings (SSSR count). The molecule has 0 radical (unpaired) electrons. The molecule has 0 aliphatic carbocycles. The van der Waals surface area contributed by atoms with Gasteiger partial charge in [0.15, 0.2) is 0 Å². The van der Waals surface area contributed by atoms with E-state index in [2.05, 4.69) is 5.32 Å². The average Bonchev–Trinajstić information content (AvgIpc) is 2.90. The second-order valence-corrected chi connectivity index (χ2v) is 11.6. The molecule has 0 saturated carbocycles. The number of carbonyl (C=O) groups excluding carboxylic acids is 2. The van der Waals surface area contributed by atoms with Crippen molar-refractivity contribution in [2.75, 3.05) is 11.4 Å². The summed E-state index contributed by atoms with van der Waals surface area (Å²) < 4.78 is 5.51. The molecule has 8 nitrogen and oxygen atoms in total. The highest BCUT2D eigenvalue weighted by atomic mass is 16.6. The number of amides is 3. The predicted octanol–water partition coefficient (Wildman–Crippen LogP) is 6.79. The molecule has 2 N–H and O–H groups in total. The number of hydrogen-bond donors (Lipinski definition) is 2. The number of anilines is 1. The quantitative estimate of drug-likeness (QED) is 0.333. The first kappa shape index (κ1) is 29.6. The highest BCUT2D eigenvalue weighted by Gasteiger charge is 2.34. The molecule has 3 amide bonds. The van der Waals surface area contributed by atoms with Crippen molar-refractivity contribution < 1.29 is 24.2 Å². The van der Waals surface area contributed by atoms with Gasteiger partial charge in [-0.25, -0.2) is 9.59 Å². The summed E-state index contributed by atoms with van der Waals surface area (Å²) >= 11 is 0. The van der Waals surface area contributed by atoms with Crippen LogP contribution in [0.1, 0.15) is 63.8 Å². The van der Waals surface area contributed by atoms with Crippen LogP contribution in [0.3, 0.4) is 0 Å². The summed E-state index contributed by atoms with van der Waals surface area (Å²) in [5.41, 5.74) is 4.87. The average molecular weight is 558 g/mol. The standard InChI is InChI=1S/C33H39N3O5/c1-22-19-29(34-31(38)41-33(3,4)5)28-20-27(15-16-30(28)36(22)23(2)37)26-13-11-25(12-14-26)21-35(32(39)40)18-17-24-9-7-6-8-10-24/h6-16,20,22,29H,17-19,21H2,1-5H3,(H,34,38)(H,39,40)/t22-,29+/m0/s1. The van der Waals surface area contributed by atoms with Gasteiger partial charge < -0.3 is 25.0 Å². The normalized spacial score (nSPS) is 16.5. The number of nitrogens with one attached hydrogen (secondary N) is 1. The minimum absolute atomic E-state index is 0.0539. The van der Waals surface area contributed by atoms with E-state index in [-0.39, 0.29) is 18.0 Å². The van der Waals surface area contributed by atoms with Crippen molar-refractivity contribution in [3.63, 3.8) is 0 Å². The number of ether oxygens (including phenoxy) is 1. The largest absolute Gasteiger partial charge is 0.465 e. The van der Waals surface area contributed by atoms with Crippen molar-refractivity contribution in [3.8, 4) is 11.1 Å². The fourth-order valence-electron chi connectivity index (χ4n) is 5.28. The molecule has 0 aromatic heterocycles. The van der Waals surface area contributed by atoms with E-state index in [9.17, 15) is 19.5 Å². The van der Waals surface area contributed by atoms with Gasteiger partial charge in [-0.15, -0.1) is 0 Å². The van der Waals surface area contributed by atoms with Crippen molar-refractivity contribution in [3.05, 3.63) is 89.5 Å². The van der Waals surface area contributed by atoms with Crippen LogP contribution in [0.5, 0.6) is 0 Å². The van der Waals surface area contributed by atoms with Gasteiger partial charge in [0.05, 0.1) is 6.04 Å². The number of nitrogens with zero attached hydrogens (tertiary/aromatic N) is 2. The van der Waals surface area contributed by atoms with Crippen LogP contribution in [0, 0.1) is 0 Å². The Bertz CT molecular complexity index is 1380. The van der Waals surface area contributed by atoms with Crippen LogP contribution in [-0.4, -0.2) is 46.3 Å². The van der Waals surface area contributed by atoms with Crippen LogP contribution < -0.4 is 10.2 Å². The molecule has 1 aliphatic rings. The topological polar surface area (TPSA) is 99.2 Å². The molecule has 0 unspecified atom stereocenters. The molecule has 41 heavy (non-hydrogen) atoms. The molecule has 1 aliphatic heterocycles. The van der Waals surface area contributed by atoms with Crippen molar-refractivity contribution in [2.45, 2.75) is 71.7 Å². The Hall–Kier alpha value is -4.33. The van der Waals surface area contributed by atoms with E-state index < -0.39 is 17.8 Å². The molecular formula is C33H39N3O5. The molecule has 1 heterocycles. The fraction of sp³-hybridized carbons (Fsp3) is 0.364. The summed E-state index contributed by atoms with van der Waals surface area (Å²) in [6.45, 7) is 9.69. The van der Waals surface area contributed by atoms with Crippen molar-refractivity contribution in [2.24, 2.45) is 0 Å². The first-order chi connectivity index (χ1) is 19.4. The van der Waals surface area contributed by atoms with Gasteiger partial charge in [0.25, 0.3) is 0 Å². The van der Waals surface area contributed by atoms with Crippen LogP contribution in [0.15, 0.2) is 72.8 Å². The minimum atomic E-state index is -0.951. The maximum absolute atomic E-state index is 12.7. The van der Waals surface area contributed by atoms with E-state index >= 15 is 0 Å². The summed E-state index contributed by atoms with van der Waals surface area (Å²) in [6.07, 6.45) is -0.244. The maximum Gasteiger partial charge on any atom is 0.408 e. The van der Waals surface area contributed by atoms with Crippen LogP contribution >= 0.6 is 0 Å². The molecule has 8 heteroatoms. The number of alkyl carbamates (subject to hydrolysis) is 1. The van der Waals surface area contributed by atoms with Gasteiger partial charge in [0.2, 0.25) is 5.91 Å². The zero-order valence-corrected chi connectivity index (χ0v) is 24.4. The molecule has 216 valence electrons. The van der Waals surface area contributed by atoms with Gasteiger partial charge in [0.1, 0.15) is 5.60 Å². The van der Waals surface area contributed by atoms with E-state index in [0.717, 1.165) is 33.5 Å². The lowest BCUT2D eigenvalue weighted by Crippen LogP contribution is -2.46. The second kappa shape index (κ2) is 12.5. The summed E-state index contributed by atoms with van der Waals surface area (Å²) in [5.74, 6) is -0.0539. The molecule has 3 aromatic carbocycles. The molecule has 0 spiro atoms. The van der Waals surface area contributed by atoms with Crippen LogP contribution in [-0.2, 0) is 22.5 Å². The lowest BCUT2D eigenvalue weighted by molar-refractivity contribution is -0.117. The smallest absolute Gasteiger partial charge is 0.408 e. The second-order valence-electron chi connectivity index (χ2n) is 11.6. The summed E-state index contributed by atoms with van der Waals surface area (Å²) in [5, 5.41) is 12.8. The first-order valence-corrected chi connectivity index (χ1v) is 14.0. The van der Waals surface area contributed by atoms with Crippen molar-refractivity contribution in [1.82, 2.24) is 10.2 Å². The van der Waals surface area contributed by atoms with Crippen LogP contribution in [0.2, 0.25) is 0 Å². The minimum Gasteiger partial charge on any atom is -0.465 e. The Balaban J connectivity index is 1.54. The Morgan fingerprint density at radius 1 is 0.976 bits per heavy atom. The first-order valence-electron chi connectivity index (χ1n) is 14.0. The van der Waals surface area contributed by atoms with Gasteiger partial charge in [0, 0.05) is 31.7 Å². The summed E-state index contributed by atoms with van der Waals surface area (Å²) in [6, 6.07) is 23.2. The monoisotopic (exact) mass is 557 g/mol. The zero-order chi connectivity index (χ0) is 29.7. The van der Waals surface area contributed by atoms with Gasteiger partial charge in [-0.05, 0) is 80.5 Å². The van der Waals surface area contributed by atoms with Crippen LogP contribution in [0.4, 0.5) is 15.3 Å². The number of rotatable bonds is 7. The summed E-state index contributed by atoms with van der Waals surface area (Å²) in [7, 11) is 0. The molecule has 2 atom stereocenters. The molecular weight excluding hydrogens is 518 g/mol. The third kappa shape index (κ3) is 7.66. The maximum atomic E-state index is 12.7. The number of benzene rings is 3. The highest BCUT2D eigenvalue weighted by molar-refractivity contribution is 5.94. The van der Waals surface area contributed by atoms with Crippen molar-refractivity contribution >= 4 is 23.8 Å².